The van der Waals surface area contributed by atoms with Gasteiger partial charge in [-0.25, -0.2) is 9.78 Å². The van der Waals surface area contributed by atoms with E-state index in [2.05, 4.69) is 29.4 Å². The third-order valence-corrected chi connectivity index (χ3v) is 4.53. The van der Waals surface area contributed by atoms with Crippen molar-refractivity contribution in [1.82, 2.24) is 10.3 Å². The SMILES string of the molecule is CCc1ccc(-c2nc(CC(=O)NCC(C)(O)C(=O)O)cs2)cc1. The fraction of sp³-hybridized carbons (Fsp3) is 0.353. The highest BCUT2D eigenvalue weighted by Crippen LogP contribution is 2.24. The summed E-state index contributed by atoms with van der Waals surface area (Å²) in [5.41, 5.74) is 0.879. The minimum atomic E-state index is -1.98. The molecule has 1 aromatic heterocycles. The van der Waals surface area contributed by atoms with Crippen LogP contribution in [0.4, 0.5) is 0 Å². The van der Waals surface area contributed by atoms with Crippen molar-refractivity contribution in [2.75, 3.05) is 6.54 Å². The molecule has 1 heterocycles. The van der Waals surface area contributed by atoms with Crippen molar-refractivity contribution >= 4 is 23.2 Å². The number of carbonyl (C=O) groups is 2. The van der Waals surface area contributed by atoms with E-state index in [0.717, 1.165) is 23.9 Å². The highest BCUT2D eigenvalue weighted by molar-refractivity contribution is 7.13. The van der Waals surface area contributed by atoms with Crippen LogP contribution in [0.2, 0.25) is 0 Å². The second-order valence-corrected chi connectivity index (χ2v) is 6.59. The van der Waals surface area contributed by atoms with E-state index in [0.29, 0.717) is 5.69 Å². The highest BCUT2D eigenvalue weighted by atomic mass is 32.1. The van der Waals surface area contributed by atoms with E-state index in [9.17, 15) is 14.7 Å². The van der Waals surface area contributed by atoms with Crippen molar-refractivity contribution in [3.05, 3.63) is 40.9 Å². The minimum Gasteiger partial charge on any atom is -0.479 e. The van der Waals surface area contributed by atoms with Gasteiger partial charge in [0.15, 0.2) is 5.60 Å². The van der Waals surface area contributed by atoms with E-state index >= 15 is 0 Å². The maximum absolute atomic E-state index is 11.9. The molecule has 0 saturated carbocycles. The van der Waals surface area contributed by atoms with Gasteiger partial charge in [-0.05, 0) is 18.9 Å². The van der Waals surface area contributed by atoms with Gasteiger partial charge in [0.05, 0.1) is 18.7 Å². The molecule has 1 atom stereocenters. The van der Waals surface area contributed by atoms with E-state index in [-0.39, 0.29) is 18.9 Å². The molecule has 1 amide bonds. The number of carbonyl (C=O) groups excluding carboxylic acids is 1. The molecule has 6 nitrogen and oxygen atoms in total. The van der Waals surface area contributed by atoms with Crippen molar-refractivity contribution < 1.29 is 19.8 Å². The first-order valence-electron chi connectivity index (χ1n) is 7.58. The summed E-state index contributed by atoms with van der Waals surface area (Å²) in [6.07, 6.45) is 1.02. The van der Waals surface area contributed by atoms with Gasteiger partial charge in [0, 0.05) is 10.9 Å². The Morgan fingerprint density at radius 2 is 1.96 bits per heavy atom. The molecule has 0 spiro atoms. The molecule has 0 radical (unpaired) electrons. The summed E-state index contributed by atoms with van der Waals surface area (Å²) in [5.74, 6) is -1.76. The second-order valence-electron chi connectivity index (χ2n) is 5.73. The summed E-state index contributed by atoms with van der Waals surface area (Å²) in [5, 5.41) is 23.4. The Balaban J connectivity index is 1.95. The van der Waals surface area contributed by atoms with Crippen LogP contribution in [0.15, 0.2) is 29.6 Å². The number of amides is 1. The van der Waals surface area contributed by atoms with Crippen LogP contribution in [0, 0.1) is 0 Å². The zero-order chi connectivity index (χ0) is 17.7. The number of carboxylic acid groups (broad SMARTS) is 1. The predicted molar refractivity (Wildman–Crippen MR) is 91.9 cm³/mol. The summed E-state index contributed by atoms with van der Waals surface area (Å²) in [6.45, 7) is 2.88. The van der Waals surface area contributed by atoms with Crippen molar-refractivity contribution in [2.45, 2.75) is 32.3 Å². The normalized spacial score (nSPS) is 13.3. The average Bonchev–Trinajstić information content (AvgIpc) is 3.01. The number of hydrogen-bond donors (Lipinski definition) is 3. The lowest BCUT2D eigenvalue weighted by Gasteiger charge is -2.17. The van der Waals surface area contributed by atoms with Crippen molar-refractivity contribution in [3.8, 4) is 10.6 Å². The second kappa shape index (κ2) is 7.55. The van der Waals surface area contributed by atoms with Gasteiger partial charge in [0.1, 0.15) is 5.01 Å². The Hall–Kier alpha value is -2.25. The Bertz CT molecular complexity index is 722. The van der Waals surface area contributed by atoms with Crippen LogP contribution in [-0.2, 0) is 22.4 Å². The van der Waals surface area contributed by atoms with Crippen molar-refractivity contribution in [1.29, 1.82) is 0 Å². The number of benzene rings is 1. The van der Waals surface area contributed by atoms with Crippen LogP contribution < -0.4 is 5.32 Å². The van der Waals surface area contributed by atoms with E-state index in [1.165, 1.54) is 16.9 Å². The number of nitrogens with one attached hydrogen (secondary N) is 1. The molecule has 2 aromatic rings. The van der Waals surface area contributed by atoms with Gasteiger partial charge in [-0.1, -0.05) is 31.2 Å². The van der Waals surface area contributed by atoms with Gasteiger partial charge in [-0.15, -0.1) is 11.3 Å². The summed E-state index contributed by atoms with van der Waals surface area (Å²) >= 11 is 1.45. The number of aryl methyl sites for hydroxylation is 1. The lowest BCUT2D eigenvalue weighted by Crippen LogP contribution is -2.46. The topological polar surface area (TPSA) is 99.5 Å². The molecule has 0 saturated heterocycles. The fourth-order valence-corrected chi connectivity index (χ4v) is 2.80. The van der Waals surface area contributed by atoms with Crippen LogP contribution >= 0.6 is 11.3 Å². The molecule has 0 bridgehead atoms. The van der Waals surface area contributed by atoms with E-state index in [1.807, 2.05) is 12.1 Å². The Morgan fingerprint density at radius 1 is 1.29 bits per heavy atom. The number of hydrogen-bond acceptors (Lipinski definition) is 5. The molecule has 1 unspecified atom stereocenters. The van der Waals surface area contributed by atoms with Crippen LogP contribution in [0.3, 0.4) is 0 Å². The van der Waals surface area contributed by atoms with E-state index < -0.39 is 11.6 Å². The largest absolute Gasteiger partial charge is 0.479 e. The smallest absolute Gasteiger partial charge is 0.337 e. The van der Waals surface area contributed by atoms with Crippen LogP contribution in [-0.4, -0.2) is 39.2 Å². The Labute approximate surface area is 144 Å². The summed E-state index contributed by atoms with van der Waals surface area (Å²) < 4.78 is 0. The summed E-state index contributed by atoms with van der Waals surface area (Å²) in [4.78, 5) is 27.1. The Morgan fingerprint density at radius 3 is 2.54 bits per heavy atom. The molecule has 24 heavy (non-hydrogen) atoms. The van der Waals surface area contributed by atoms with Gasteiger partial charge >= 0.3 is 5.97 Å². The standard InChI is InChI=1S/C17H20N2O4S/c1-3-11-4-6-12(7-5-11)15-19-13(9-24-15)8-14(20)18-10-17(2,23)16(21)22/h4-7,9,23H,3,8,10H2,1-2H3,(H,18,20)(H,21,22). The number of aromatic nitrogens is 1. The first-order valence-corrected chi connectivity index (χ1v) is 8.46. The molecule has 3 N–H and O–H groups in total. The molecule has 7 heteroatoms. The Kier molecular flexibility index (Phi) is 5.69. The molecule has 0 aliphatic carbocycles. The van der Waals surface area contributed by atoms with Crippen LogP contribution in [0.5, 0.6) is 0 Å². The van der Waals surface area contributed by atoms with Crippen molar-refractivity contribution in [2.24, 2.45) is 0 Å². The summed E-state index contributed by atoms with van der Waals surface area (Å²) in [6, 6.07) is 8.12. The zero-order valence-corrected chi connectivity index (χ0v) is 14.4. The van der Waals surface area contributed by atoms with Gasteiger partial charge in [0.25, 0.3) is 0 Å². The predicted octanol–water partition coefficient (Wildman–Crippen LogP) is 1.87. The molecular weight excluding hydrogens is 328 g/mol. The first kappa shape index (κ1) is 18.1. The lowest BCUT2D eigenvalue weighted by atomic mass is 10.1. The molecule has 0 aliphatic rings. The molecule has 128 valence electrons. The number of nitrogens with zero attached hydrogens (tertiary/aromatic N) is 1. The highest BCUT2D eigenvalue weighted by Gasteiger charge is 2.30. The van der Waals surface area contributed by atoms with Gasteiger partial charge < -0.3 is 15.5 Å². The third-order valence-electron chi connectivity index (χ3n) is 3.59. The van der Waals surface area contributed by atoms with Crippen LogP contribution in [0.25, 0.3) is 10.6 Å². The maximum Gasteiger partial charge on any atom is 0.337 e. The molecule has 2 rings (SSSR count). The molecule has 0 fully saturated rings. The number of thiazole rings is 1. The van der Waals surface area contributed by atoms with Gasteiger partial charge in [-0.2, -0.15) is 0 Å². The zero-order valence-electron chi connectivity index (χ0n) is 13.6. The monoisotopic (exact) mass is 348 g/mol. The summed E-state index contributed by atoms with van der Waals surface area (Å²) in [7, 11) is 0. The van der Waals surface area contributed by atoms with Gasteiger partial charge in [0.2, 0.25) is 5.91 Å². The lowest BCUT2D eigenvalue weighted by molar-refractivity contribution is -0.156. The third kappa shape index (κ3) is 4.62. The number of aliphatic hydroxyl groups is 1. The maximum atomic E-state index is 11.9. The van der Waals surface area contributed by atoms with E-state index in [1.54, 1.807) is 5.38 Å². The number of rotatable bonds is 7. The fourth-order valence-electron chi connectivity index (χ4n) is 1.98. The van der Waals surface area contributed by atoms with E-state index in [4.69, 9.17) is 5.11 Å². The molecule has 1 aromatic carbocycles. The van der Waals surface area contributed by atoms with Gasteiger partial charge in [-0.3, -0.25) is 4.79 Å². The molecular formula is C17H20N2O4S. The molecule has 0 aliphatic heterocycles. The number of carboxylic acids is 1. The minimum absolute atomic E-state index is 0.0409. The number of aliphatic carboxylic acids is 1. The van der Waals surface area contributed by atoms with Crippen molar-refractivity contribution in [3.63, 3.8) is 0 Å². The quantitative estimate of drug-likeness (QED) is 0.709. The average molecular weight is 348 g/mol. The first-order chi connectivity index (χ1) is 11.3. The van der Waals surface area contributed by atoms with Crippen LogP contribution in [0.1, 0.15) is 25.1 Å².